The number of anilines is 3. The van der Waals surface area contributed by atoms with Crippen molar-refractivity contribution in [3.63, 3.8) is 0 Å². The highest BCUT2D eigenvalue weighted by molar-refractivity contribution is 5.97. The fourth-order valence-electron chi connectivity index (χ4n) is 4.07. The van der Waals surface area contributed by atoms with Crippen molar-refractivity contribution in [2.75, 3.05) is 31.3 Å². The number of carbonyl (C=O) groups excluding carboxylic acids is 2. The summed E-state index contributed by atoms with van der Waals surface area (Å²) >= 11 is 0. The molecule has 5 rings (SSSR count). The van der Waals surface area contributed by atoms with Gasteiger partial charge in [-0.3, -0.25) is 19.0 Å². The number of hydrogen-bond donors (Lipinski definition) is 3. The van der Waals surface area contributed by atoms with Crippen LogP contribution >= 0.6 is 0 Å². The average Bonchev–Trinajstić information content (AvgIpc) is 3.44. The second-order valence-corrected chi connectivity index (χ2v) is 8.56. The normalized spacial score (nSPS) is 15.4. The van der Waals surface area contributed by atoms with Crippen LogP contribution in [-0.2, 0) is 4.79 Å². The summed E-state index contributed by atoms with van der Waals surface area (Å²) in [5.74, 6) is 0.221. The van der Waals surface area contributed by atoms with Crippen LogP contribution in [0.1, 0.15) is 22.5 Å². The number of aryl methyl sites for hydroxylation is 1. The van der Waals surface area contributed by atoms with E-state index in [-0.39, 0.29) is 22.8 Å². The van der Waals surface area contributed by atoms with Crippen LogP contribution in [0.15, 0.2) is 53.7 Å². The molecule has 2 amide bonds. The molecule has 0 spiro atoms. The van der Waals surface area contributed by atoms with Crippen LogP contribution in [0.4, 0.5) is 17.2 Å². The highest BCUT2D eigenvalue weighted by atomic mass is 16.2. The number of hydrogen-bond acceptors (Lipinski definition) is 8. The molecule has 3 N–H and O–H groups in total. The van der Waals surface area contributed by atoms with Gasteiger partial charge in [0.1, 0.15) is 17.5 Å². The lowest BCUT2D eigenvalue weighted by molar-refractivity contribution is -0.128. The maximum atomic E-state index is 13.2. The first-order chi connectivity index (χ1) is 17.4. The zero-order chi connectivity index (χ0) is 25.4. The third-order valence-electron chi connectivity index (χ3n) is 6.05. The molecule has 0 aliphatic carbocycles. The third-order valence-corrected chi connectivity index (χ3v) is 6.05. The molecule has 0 unspecified atom stereocenters. The summed E-state index contributed by atoms with van der Waals surface area (Å²) < 4.78 is 2.82. The molecule has 4 aromatic heterocycles. The van der Waals surface area contributed by atoms with Crippen molar-refractivity contribution < 1.29 is 9.59 Å². The van der Waals surface area contributed by atoms with Crippen LogP contribution in [0.25, 0.3) is 11.5 Å². The first kappa shape index (κ1) is 23.0. The summed E-state index contributed by atoms with van der Waals surface area (Å²) in [6.45, 7) is 2.51. The van der Waals surface area contributed by atoms with Gasteiger partial charge in [-0.05, 0) is 37.1 Å². The first-order valence-electron chi connectivity index (χ1n) is 11.4. The van der Waals surface area contributed by atoms with Gasteiger partial charge in [0.05, 0.1) is 11.9 Å². The summed E-state index contributed by atoms with van der Waals surface area (Å²) in [4.78, 5) is 48.6. The Kier molecular flexibility index (Phi) is 5.84. The second kappa shape index (κ2) is 9.13. The van der Waals surface area contributed by atoms with E-state index in [1.165, 1.54) is 15.3 Å². The van der Waals surface area contributed by atoms with Gasteiger partial charge in [0.2, 0.25) is 5.91 Å². The molecule has 0 saturated carbocycles. The largest absolute Gasteiger partial charge is 0.385 e. The molecular formula is C24H25N9O3. The summed E-state index contributed by atoms with van der Waals surface area (Å²) in [5, 5.41) is 13.4. The molecule has 1 atom stereocenters. The van der Waals surface area contributed by atoms with Gasteiger partial charge in [-0.25, -0.2) is 14.5 Å². The fourth-order valence-corrected chi connectivity index (χ4v) is 4.07. The number of nitrogens with zero attached hydrogens (tertiary/aromatic N) is 6. The van der Waals surface area contributed by atoms with E-state index in [9.17, 15) is 14.4 Å². The molecule has 0 radical (unpaired) electrons. The molecule has 5 heterocycles. The van der Waals surface area contributed by atoms with Crippen molar-refractivity contribution in [2.45, 2.75) is 19.4 Å². The van der Waals surface area contributed by atoms with Gasteiger partial charge in [0.15, 0.2) is 17.2 Å². The lowest BCUT2D eigenvalue weighted by atomic mass is 10.2. The topological polar surface area (TPSA) is 139 Å². The number of amides is 2. The highest BCUT2D eigenvalue weighted by Gasteiger charge is 2.31. The Labute approximate surface area is 206 Å². The van der Waals surface area contributed by atoms with E-state index in [0.29, 0.717) is 35.9 Å². The molecule has 184 valence electrons. The SMILES string of the molecule is CNc1cc(Nc2cccn(-c3ccc(C)cn3)c2=O)nn2c(C(=O)N[C@@H]3CCN(C)C3=O)cnc12. The number of aromatic nitrogens is 5. The fraction of sp³-hybridized carbons (Fsp3) is 0.250. The van der Waals surface area contributed by atoms with Crippen molar-refractivity contribution in [1.29, 1.82) is 0 Å². The monoisotopic (exact) mass is 487 g/mol. The number of imidazole rings is 1. The molecule has 1 fully saturated rings. The van der Waals surface area contributed by atoms with E-state index >= 15 is 0 Å². The van der Waals surface area contributed by atoms with Crippen molar-refractivity contribution in [3.05, 3.63) is 70.5 Å². The molecule has 12 heteroatoms. The van der Waals surface area contributed by atoms with E-state index in [0.717, 1.165) is 5.56 Å². The minimum absolute atomic E-state index is 0.133. The quantitative estimate of drug-likeness (QED) is 0.370. The standard InChI is InChI=1S/C24H25N9O3/c1-14-6-7-20(26-12-14)32-9-4-5-15(24(32)36)28-19-11-17(25-2)21-27-13-18(33(21)30-19)22(34)29-16-8-10-31(3)23(16)35/h4-7,9,11-13,16,25H,8,10H2,1-3H3,(H,28,30)(H,29,34)/t16-/m1/s1. The summed E-state index contributed by atoms with van der Waals surface area (Å²) in [5.41, 5.74) is 2.15. The van der Waals surface area contributed by atoms with Crippen LogP contribution in [-0.4, -0.2) is 67.5 Å². The summed E-state index contributed by atoms with van der Waals surface area (Å²) in [6, 6.07) is 8.13. The van der Waals surface area contributed by atoms with Crippen LogP contribution in [0.2, 0.25) is 0 Å². The second-order valence-electron chi connectivity index (χ2n) is 8.56. The molecule has 1 aliphatic heterocycles. The molecule has 12 nitrogen and oxygen atoms in total. The first-order valence-corrected chi connectivity index (χ1v) is 11.4. The molecule has 0 aromatic carbocycles. The Balaban J connectivity index is 1.48. The van der Waals surface area contributed by atoms with E-state index in [1.54, 1.807) is 55.7 Å². The van der Waals surface area contributed by atoms with Gasteiger partial charge < -0.3 is 20.9 Å². The number of nitrogens with one attached hydrogen (secondary N) is 3. The predicted molar refractivity (Wildman–Crippen MR) is 134 cm³/mol. The number of likely N-dealkylation sites (tertiary alicyclic amines) is 1. The summed E-state index contributed by atoms with van der Waals surface area (Å²) in [6.07, 6.45) is 5.28. The van der Waals surface area contributed by atoms with Gasteiger partial charge in [-0.1, -0.05) is 6.07 Å². The molecule has 1 aliphatic rings. The molecule has 4 aromatic rings. The Morgan fingerprint density at radius 2 is 1.94 bits per heavy atom. The van der Waals surface area contributed by atoms with E-state index in [4.69, 9.17) is 0 Å². The van der Waals surface area contributed by atoms with Crippen LogP contribution in [0, 0.1) is 6.92 Å². The Bertz CT molecular complexity index is 1520. The molecule has 1 saturated heterocycles. The average molecular weight is 488 g/mol. The zero-order valence-corrected chi connectivity index (χ0v) is 20.0. The Hall–Kier alpha value is -4.74. The minimum atomic E-state index is -0.587. The van der Waals surface area contributed by atoms with E-state index < -0.39 is 11.9 Å². The van der Waals surface area contributed by atoms with Crippen molar-refractivity contribution in [1.82, 2.24) is 34.4 Å². The minimum Gasteiger partial charge on any atom is -0.385 e. The number of rotatable bonds is 6. The van der Waals surface area contributed by atoms with Gasteiger partial charge in [-0.2, -0.15) is 0 Å². The smallest absolute Gasteiger partial charge is 0.279 e. The van der Waals surface area contributed by atoms with Gasteiger partial charge in [0.25, 0.3) is 11.5 Å². The number of likely N-dealkylation sites (N-methyl/N-ethyl adjacent to an activating group) is 1. The number of carbonyl (C=O) groups is 2. The van der Waals surface area contributed by atoms with Crippen LogP contribution < -0.4 is 21.5 Å². The highest BCUT2D eigenvalue weighted by Crippen LogP contribution is 2.22. The number of fused-ring (bicyclic) bond motifs is 1. The maximum absolute atomic E-state index is 13.2. The Morgan fingerprint density at radius 3 is 2.64 bits per heavy atom. The zero-order valence-electron chi connectivity index (χ0n) is 20.0. The molecular weight excluding hydrogens is 462 g/mol. The molecule has 0 bridgehead atoms. The van der Waals surface area contributed by atoms with Gasteiger partial charge in [0, 0.05) is 39.1 Å². The predicted octanol–water partition coefficient (Wildman–Crippen LogP) is 1.33. The van der Waals surface area contributed by atoms with Crippen molar-refractivity contribution in [3.8, 4) is 5.82 Å². The van der Waals surface area contributed by atoms with Gasteiger partial charge in [-0.15, -0.1) is 5.10 Å². The van der Waals surface area contributed by atoms with Crippen molar-refractivity contribution in [2.24, 2.45) is 0 Å². The lowest BCUT2D eigenvalue weighted by Crippen LogP contribution is -2.41. The number of pyridine rings is 2. The van der Waals surface area contributed by atoms with Crippen LogP contribution in [0.3, 0.4) is 0 Å². The van der Waals surface area contributed by atoms with Gasteiger partial charge >= 0.3 is 0 Å². The summed E-state index contributed by atoms with van der Waals surface area (Å²) in [7, 11) is 3.42. The third kappa shape index (κ3) is 4.13. The maximum Gasteiger partial charge on any atom is 0.279 e. The van der Waals surface area contributed by atoms with E-state index in [1.807, 2.05) is 13.0 Å². The Morgan fingerprint density at radius 1 is 1.11 bits per heavy atom. The lowest BCUT2D eigenvalue weighted by Gasteiger charge is -2.13. The molecule has 36 heavy (non-hydrogen) atoms. The van der Waals surface area contributed by atoms with Crippen LogP contribution in [0.5, 0.6) is 0 Å². The van der Waals surface area contributed by atoms with E-state index in [2.05, 4.69) is 31.0 Å². The van der Waals surface area contributed by atoms with Crippen molar-refractivity contribution >= 4 is 34.7 Å².